The molecule has 0 aliphatic heterocycles. The van der Waals surface area contributed by atoms with Gasteiger partial charge in [0.25, 0.3) is 0 Å². The van der Waals surface area contributed by atoms with Crippen molar-refractivity contribution in [3.05, 3.63) is 35.8 Å². The van der Waals surface area contributed by atoms with Gasteiger partial charge in [-0.15, -0.1) is 5.10 Å². The van der Waals surface area contributed by atoms with Crippen LogP contribution in [0.25, 0.3) is 11.3 Å². The molecule has 0 fully saturated rings. The summed E-state index contributed by atoms with van der Waals surface area (Å²) >= 11 is 0. The predicted molar refractivity (Wildman–Crippen MR) is 68.4 cm³/mol. The van der Waals surface area contributed by atoms with Crippen LogP contribution >= 0.6 is 0 Å². The molecule has 1 heterocycles. The molecule has 96 valence electrons. The Kier molecular flexibility index (Phi) is 3.72. The van der Waals surface area contributed by atoms with Crippen LogP contribution in [0.4, 0.5) is 4.39 Å². The molecule has 4 nitrogen and oxygen atoms in total. The minimum atomic E-state index is -0.256. The van der Waals surface area contributed by atoms with Crippen molar-refractivity contribution >= 4 is 0 Å². The maximum atomic E-state index is 13.8. The highest BCUT2D eigenvalue weighted by Gasteiger charge is 2.10. The first-order valence-electron chi connectivity index (χ1n) is 5.95. The van der Waals surface area contributed by atoms with Crippen LogP contribution in [0.15, 0.2) is 24.4 Å². The first-order chi connectivity index (χ1) is 8.58. The molecular weight excluding hydrogens is 231 g/mol. The third-order valence-electron chi connectivity index (χ3n) is 2.74. The quantitative estimate of drug-likeness (QED) is 0.901. The summed E-state index contributed by atoms with van der Waals surface area (Å²) in [5, 5.41) is 10.9. The zero-order chi connectivity index (χ0) is 13.1. The van der Waals surface area contributed by atoms with Crippen molar-refractivity contribution in [2.24, 2.45) is 7.05 Å². The first-order valence-corrected chi connectivity index (χ1v) is 5.95. The van der Waals surface area contributed by atoms with Crippen molar-refractivity contribution in [2.45, 2.75) is 26.4 Å². The van der Waals surface area contributed by atoms with Gasteiger partial charge in [0.05, 0.1) is 11.9 Å². The van der Waals surface area contributed by atoms with Gasteiger partial charge in [-0.25, -0.2) is 9.07 Å². The topological polar surface area (TPSA) is 42.7 Å². The van der Waals surface area contributed by atoms with Crippen LogP contribution in [0.2, 0.25) is 0 Å². The third kappa shape index (κ3) is 2.73. The Morgan fingerprint density at radius 3 is 2.78 bits per heavy atom. The molecule has 1 aromatic carbocycles. The molecule has 0 amide bonds. The van der Waals surface area contributed by atoms with E-state index >= 15 is 0 Å². The van der Waals surface area contributed by atoms with Crippen molar-refractivity contribution < 1.29 is 4.39 Å². The van der Waals surface area contributed by atoms with E-state index in [-0.39, 0.29) is 5.82 Å². The van der Waals surface area contributed by atoms with Crippen molar-refractivity contribution in [3.63, 3.8) is 0 Å². The fourth-order valence-electron chi connectivity index (χ4n) is 1.73. The van der Waals surface area contributed by atoms with Crippen LogP contribution in [0.1, 0.15) is 19.4 Å². The van der Waals surface area contributed by atoms with E-state index in [1.807, 2.05) is 6.07 Å². The van der Waals surface area contributed by atoms with Gasteiger partial charge in [0.15, 0.2) is 0 Å². The number of aryl methyl sites for hydroxylation is 1. The Morgan fingerprint density at radius 2 is 2.17 bits per heavy atom. The van der Waals surface area contributed by atoms with Gasteiger partial charge in [0.2, 0.25) is 0 Å². The minimum Gasteiger partial charge on any atom is -0.310 e. The average molecular weight is 248 g/mol. The van der Waals surface area contributed by atoms with Crippen LogP contribution in [0.5, 0.6) is 0 Å². The van der Waals surface area contributed by atoms with E-state index in [1.165, 1.54) is 6.07 Å². The molecule has 0 bridgehead atoms. The lowest BCUT2D eigenvalue weighted by molar-refractivity contribution is 0.586. The Labute approximate surface area is 106 Å². The maximum absolute atomic E-state index is 13.8. The molecule has 0 spiro atoms. The normalized spacial score (nSPS) is 11.2. The van der Waals surface area contributed by atoms with E-state index < -0.39 is 0 Å². The molecule has 2 rings (SSSR count). The van der Waals surface area contributed by atoms with E-state index in [4.69, 9.17) is 0 Å². The van der Waals surface area contributed by atoms with Gasteiger partial charge < -0.3 is 5.32 Å². The zero-order valence-electron chi connectivity index (χ0n) is 10.8. The van der Waals surface area contributed by atoms with Gasteiger partial charge in [-0.1, -0.05) is 25.1 Å². The lowest BCUT2D eigenvalue weighted by Crippen LogP contribution is -2.21. The first kappa shape index (κ1) is 12.7. The summed E-state index contributed by atoms with van der Waals surface area (Å²) in [5.41, 5.74) is 2.26. The Bertz CT molecular complexity index is 534. The molecule has 0 saturated carbocycles. The van der Waals surface area contributed by atoms with E-state index in [1.54, 1.807) is 24.0 Å². The molecule has 0 radical (unpaired) electrons. The van der Waals surface area contributed by atoms with Gasteiger partial charge >= 0.3 is 0 Å². The smallest absolute Gasteiger partial charge is 0.132 e. The fourth-order valence-corrected chi connectivity index (χ4v) is 1.73. The van der Waals surface area contributed by atoms with Crippen LogP contribution in [-0.2, 0) is 13.6 Å². The number of nitrogens with one attached hydrogen (secondary N) is 1. The Morgan fingerprint density at radius 1 is 1.39 bits per heavy atom. The molecule has 2 aromatic rings. The minimum absolute atomic E-state index is 0.256. The average Bonchev–Trinajstić information content (AvgIpc) is 2.74. The van der Waals surface area contributed by atoms with Crippen LogP contribution in [0, 0.1) is 5.82 Å². The number of rotatable bonds is 4. The number of benzene rings is 1. The summed E-state index contributed by atoms with van der Waals surface area (Å²) in [4.78, 5) is 0. The largest absolute Gasteiger partial charge is 0.310 e. The SMILES string of the molecule is CC(C)NCc1ccc(F)c(-c2cnnn2C)c1. The fraction of sp³-hybridized carbons (Fsp3) is 0.385. The second kappa shape index (κ2) is 5.27. The number of nitrogens with zero attached hydrogens (tertiary/aromatic N) is 3. The van der Waals surface area contributed by atoms with Gasteiger partial charge in [0.1, 0.15) is 5.82 Å². The lowest BCUT2D eigenvalue weighted by Gasteiger charge is -2.10. The van der Waals surface area contributed by atoms with E-state index in [0.29, 0.717) is 17.3 Å². The Hall–Kier alpha value is -1.75. The summed E-state index contributed by atoms with van der Waals surface area (Å²) < 4.78 is 15.4. The number of hydrogen-bond acceptors (Lipinski definition) is 3. The molecule has 18 heavy (non-hydrogen) atoms. The highest BCUT2D eigenvalue weighted by atomic mass is 19.1. The van der Waals surface area contributed by atoms with Gasteiger partial charge in [-0.2, -0.15) is 0 Å². The highest BCUT2D eigenvalue weighted by molar-refractivity contribution is 5.60. The summed E-state index contributed by atoms with van der Waals surface area (Å²) in [5.74, 6) is -0.256. The van der Waals surface area contributed by atoms with Crippen molar-refractivity contribution in [1.29, 1.82) is 0 Å². The zero-order valence-corrected chi connectivity index (χ0v) is 10.8. The summed E-state index contributed by atoms with van der Waals surface area (Å²) in [6, 6.07) is 5.51. The van der Waals surface area contributed by atoms with Crippen molar-refractivity contribution in [2.75, 3.05) is 0 Å². The van der Waals surface area contributed by atoms with Crippen LogP contribution in [0.3, 0.4) is 0 Å². The third-order valence-corrected chi connectivity index (χ3v) is 2.74. The molecule has 0 saturated heterocycles. The summed E-state index contributed by atoms with van der Waals surface area (Å²) in [7, 11) is 1.75. The Balaban J connectivity index is 2.30. The molecule has 1 aromatic heterocycles. The van der Waals surface area contributed by atoms with Crippen molar-refractivity contribution in [1.82, 2.24) is 20.3 Å². The van der Waals surface area contributed by atoms with Crippen LogP contribution in [-0.4, -0.2) is 21.0 Å². The van der Waals surface area contributed by atoms with Gasteiger partial charge in [-0.3, -0.25) is 0 Å². The lowest BCUT2D eigenvalue weighted by atomic mass is 10.1. The van der Waals surface area contributed by atoms with Crippen molar-refractivity contribution in [3.8, 4) is 11.3 Å². The second-order valence-electron chi connectivity index (χ2n) is 4.59. The number of hydrogen-bond donors (Lipinski definition) is 1. The number of halogens is 1. The van der Waals surface area contributed by atoms with Gasteiger partial charge in [-0.05, 0) is 17.7 Å². The standard InChI is InChI=1S/C13H17FN4/c1-9(2)15-7-10-4-5-12(14)11(6-10)13-8-16-17-18(13)3/h4-6,8-9,15H,7H2,1-3H3. The summed E-state index contributed by atoms with van der Waals surface area (Å²) in [6.45, 7) is 4.88. The molecule has 0 atom stereocenters. The summed E-state index contributed by atoms with van der Waals surface area (Å²) in [6.07, 6.45) is 1.57. The molecule has 0 aliphatic rings. The molecule has 0 aliphatic carbocycles. The van der Waals surface area contributed by atoms with E-state index in [0.717, 1.165) is 12.1 Å². The maximum Gasteiger partial charge on any atom is 0.132 e. The van der Waals surface area contributed by atoms with Gasteiger partial charge in [0, 0.05) is 25.2 Å². The highest BCUT2D eigenvalue weighted by Crippen LogP contribution is 2.22. The molecule has 1 N–H and O–H groups in total. The van der Waals surface area contributed by atoms with E-state index in [9.17, 15) is 4.39 Å². The molecule has 0 unspecified atom stereocenters. The number of aromatic nitrogens is 3. The van der Waals surface area contributed by atoms with Crippen LogP contribution < -0.4 is 5.32 Å². The predicted octanol–water partition coefficient (Wildman–Crippen LogP) is 2.12. The molecular formula is C13H17FN4. The van der Waals surface area contributed by atoms with E-state index in [2.05, 4.69) is 29.5 Å². The molecule has 5 heteroatoms. The monoisotopic (exact) mass is 248 g/mol. The second-order valence-corrected chi connectivity index (χ2v) is 4.59.